The lowest BCUT2D eigenvalue weighted by atomic mass is 10.4. The van der Waals surface area contributed by atoms with E-state index in [1.54, 1.807) is 41.4 Å². The third-order valence-corrected chi connectivity index (χ3v) is 6.80. The lowest BCUT2D eigenvalue weighted by Crippen LogP contribution is -1.78. The highest BCUT2D eigenvalue weighted by Crippen LogP contribution is 2.34. The Labute approximate surface area is 188 Å². The fourth-order valence-corrected chi connectivity index (χ4v) is 4.85. The second-order valence-electron chi connectivity index (χ2n) is 5.84. The molecule has 0 radical (unpaired) electrons. The van der Waals surface area contributed by atoms with E-state index in [1.165, 1.54) is 29.4 Å². The first kappa shape index (κ1) is 23.2. The largest absolute Gasteiger partial charge is 0.0991 e. The SMILES string of the molecule is C=C/C=C\C(=C/C)Sc1ccc(Sc2ccc(SC(/C=C\C)=C/C=C)cc2)cc1. The second-order valence-corrected chi connectivity index (χ2v) is 9.28. The fourth-order valence-electron chi connectivity index (χ4n) is 2.32. The molecular formula is C26H26S3. The van der Waals surface area contributed by atoms with Gasteiger partial charge in [-0.15, -0.1) is 0 Å². The summed E-state index contributed by atoms with van der Waals surface area (Å²) in [6, 6.07) is 17.4. The van der Waals surface area contributed by atoms with E-state index in [4.69, 9.17) is 0 Å². The lowest BCUT2D eigenvalue weighted by Gasteiger charge is -2.06. The van der Waals surface area contributed by atoms with E-state index in [2.05, 4.69) is 86.8 Å². The third kappa shape index (κ3) is 8.45. The van der Waals surface area contributed by atoms with Crippen LogP contribution in [0.1, 0.15) is 13.8 Å². The van der Waals surface area contributed by atoms with Crippen LogP contribution in [0.5, 0.6) is 0 Å². The normalized spacial score (nSPS) is 12.6. The first-order chi connectivity index (χ1) is 14.2. The van der Waals surface area contributed by atoms with Crippen molar-refractivity contribution >= 4 is 35.3 Å². The molecule has 0 saturated carbocycles. The van der Waals surface area contributed by atoms with Gasteiger partial charge in [-0.2, -0.15) is 0 Å². The van der Waals surface area contributed by atoms with Gasteiger partial charge in [0.25, 0.3) is 0 Å². The smallest absolute Gasteiger partial charge is 0.0123 e. The quantitative estimate of drug-likeness (QED) is 0.270. The predicted molar refractivity (Wildman–Crippen MR) is 135 cm³/mol. The molecule has 0 aliphatic rings. The maximum absolute atomic E-state index is 3.79. The molecule has 0 fully saturated rings. The molecule has 0 unspecified atom stereocenters. The van der Waals surface area contributed by atoms with Crippen LogP contribution in [0.2, 0.25) is 0 Å². The molecule has 0 aliphatic heterocycles. The Morgan fingerprint density at radius 1 is 0.690 bits per heavy atom. The summed E-state index contributed by atoms with van der Waals surface area (Å²) in [7, 11) is 0. The van der Waals surface area contributed by atoms with Gasteiger partial charge in [0.1, 0.15) is 0 Å². The van der Waals surface area contributed by atoms with Crippen LogP contribution in [0, 0.1) is 0 Å². The van der Waals surface area contributed by atoms with Crippen molar-refractivity contribution in [2.45, 2.75) is 33.4 Å². The molecule has 0 N–H and O–H groups in total. The Balaban J connectivity index is 1.99. The molecule has 0 atom stereocenters. The minimum Gasteiger partial charge on any atom is -0.0991 e. The number of allylic oxidation sites excluding steroid dienone is 8. The minimum atomic E-state index is 1.18. The van der Waals surface area contributed by atoms with Gasteiger partial charge in [0.05, 0.1) is 0 Å². The molecule has 0 amide bonds. The van der Waals surface area contributed by atoms with E-state index in [0.717, 1.165) is 0 Å². The van der Waals surface area contributed by atoms with Gasteiger partial charge in [0.2, 0.25) is 0 Å². The Kier molecular flexibility index (Phi) is 10.6. The van der Waals surface area contributed by atoms with Crippen LogP contribution >= 0.6 is 35.3 Å². The Morgan fingerprint density at radius 2 is 1.21 bits per heavy atom. The zero-order valence-corrected chi connectivity index (χ0v) is 19.3. The molecule has 0 bridgehead atoms. The molecule has 3 heteroatoms. The van der Waals surface area contributed by atoms with Gasteiger partial charge in [-0.25, -0.2) is 0 Å². The third-order valence-electron chi connectivity index (χ3n) is 3.65. The van der Waals surface area contributed by atoms with Crippen molar-refractivity contribution in [3.05, 3.63) is 120 Å². The molecule has 148 valence electrons. The first-order valence-electron chi connectivity index (χ1n) is 9.33. The monoisotopic (exact) mass is 434 g/mol. The molecule has 0 aromatic heterocycles. The van der Waals surface area contributed by atoms with E-state index < -0.39 is 0 Å². The van der Waals surface area contributed by atoms with Crippen LogP contribution in [-0.2, 0) is 0 Å². The highest BCUT2D eigenvalue weighted by molar-refractivity contribution is 8.03. The maximum Gasteiger partial charge on any atom is 0.0123 e. The molecule has 0 nitrogen and oxygen atoms in total. The average Bonchev–Trinajstić information content (AvgIpc) is 2.74. The lowest BCUT2D eigenvalue weighted by molar-refractivity contribution is 1.32. The van der Waals surface area contributed by atoms with Crippen LogP contribution in [0.3, 0.4) is 0 Å². The molecule has 2 aromatic carbocycles. The van der Waals surface area contributed by atoms with Crippen LogP contribution in [0.25, 0.3) is 0 Å². The van der Waals surface area contributed by atoms with Crippen molar-refractivity contribution in [1.29, 1.82) is 0 Å². The summed E-state index contributed by atoms with van der Waals surface area (Å²) in [5.74, 6) is 0. The van der Waals surface area contributed by atoms with E-state index in [0.29, 0.717) is 0 Å². The molecule has 0 spiro atoms. The highest BCUT2D eigenvalue weighted by Gasteiger charge is 2.02. The van der Waals surface area contributed by atoms with Crippen molar-refractivity contribution in [1.82, 2.24) is 0 Å². The van der Waals surface area contributed by atoms with Crippen molar-refractivity contribution in [3.63, 3.8) is 0 Å². The van der Waals surface area contributed by atoms with E-state index in [9.17, 15) is 0 Å². The van der Waals surface area contributed by atoms with Crippen molar-refractivity contribution in [2.75, 3.05) is 0 Å². The summed E-state index contributed by atoms with van der Waals surface area (Å²) in [4.78, 5) is 7.31. The maximum atomic E-state index is 3.79. The van der Waals surface area contributed by atoms with Crippen LogP contribution in [0.15, 0.2) is 140 Å². The van der Waals surface area contributed by atoms with Gasteiger partial charge in [-0.1, -0.05) is 84.9 Å². The summed E-state index contributed by atoms with van der Waals surface area (Å²) in [5, 5.41) is 0. The van der Waals surface area contributed by atoms with E-state index >= 15 is 0 Å². The van der Waals surface area contributed by atoms with Crippen LogP contribution in [0.4, 0.5) is 0 Å². The number of hydrogen-bond acceptors (Lipinski definition) is 3. The summed E-state index contributed by atoms with van der Waals surface area (Å²) in [6.45, 7) is 11.6. The van der Waals surface area contributed by atoms with Gasteiger partial charge < -0.3 is 0 Å². The van der Waals surface area contributed by atoms with Crippen molar-refractivity contribution in [2.24, 2.45) is 0 Å². The first-order valence-corrected chi connectivity index (χ1v) is 11.8. The zero-order valence-electron chi connectivity index (χ0n) is 16.9. The second kappa shape index (κ2) is 13.2. The van der Waals surface area contributed by atoms with E-state index in [1.807, 2.05) is 31.2 Å². The van der Waals surface area contributed by atoms with E-state index in [-0.39, 0.29) is 0 Å². The predicted octanol–water partition coefficient (Wildman–Crippen LogP) is 9.31. The van der Waals surface area contributed by atoms with Gasteiger partial charge >= 0.3 is 0 Å². The molecular weight excluding hydrogens is 408 g/mol. The minimum absolute atomic E-state index is 1.18. The Hall–Kier alpha value is -2.07. The van der Waals surface area contributed by atoms with Gasteiger partial charge in [0, 0.05) is 29.4 Å². The molecule has 0 heterocycles. The van der Waals surface area contributed by atoms with Gasteiger partial charge in [-0.05, 0) is 74.5 Å². The summed E-state index contributed by atoms with van der Waals surface area (Å²) >= 11 is 5.28. The number of benzene rings is 2. The summed E-state index contributed by atoms with van der Waals surface area (Å²) in [5.41, 5.74) is 0. The van der Waals surface area contributed by atoms with Crippen LogP contribution in [-0.4, -0.2) is 0 Å². The highest BCUT2D eigenvalue weighted by atomic mass is 32.2. The number of rotatable bonds is 10. The van der Waals surface area contributed by atoms with Gasteiger partial charge in [0.15, 0.2) is 0 Å². The Morgan fingerprint density at radius 3 is 1.66 bits per heavy atom. The van der Waals surface area contributed by atoms with Gasteiger partial charge in [-0.3, -0.25) is 0 Å². The topological polar surface area (TPSA) is 0 Å². The number of thioether (sulfide) groups is 2. The summed E-state index contributed by atoms with van der Waals surface area (Å²) < 4.78 is 0. The molecule has 29 heavy (non-hydrogen) atoms. The molecule has 2 aromatic rings. The van der Waals surface area contributed by atoms with Crippen molar-refractivity contribution in [3.8, 4) is 0 Å². The Bertz CT molecular complexity index is 911. The summed E-state index contributed by atoms with van der Waals surface area (Å²) in [6.07, 6.45) is 15.9. The molecule has 2 rings (SSSR count). The van der Waals surface area contributed by atoms with Crippen molar-refractivity contribution < 1.29 is 0 Å². The van der Waals surface area contributed by atoms with Crippen LogP contribution < -0.4 is 0 Å². The fraction of sp³-hybridized carbons (Fsp3) is 0.0769. The standard InChI is InChI=1S/C26H26S3/c1-5-9-12-21(8-4)27-23-13-15-25(16-14-23)29-26-19-17-24(18-20-26)28-22(10-6-2)11-7-3/h5-20H,1-2H2,3-4H3/b11-7-,12-9-,21-8+,22-10+. The average molecular weight is 435 g/mol. The molecule has 0 saturated heterocycles. The molecule has 0 aliphatic carbocycles. The number of hydrogen-bond donors (Lipinski definition) is 0. The zero-order chi connectivity index (χ0) is 20.9.